The smallest absolute Gasteiger partial charge is 0.234 e. The molecule has 0 N–H and O–H groups in total. The zero-order valence-corrected chi connectivity index (χ0v) is 8.91. The monoisotopic (exact) mass is 220 g/mol. The second-order valence-corrected chi connectivity index (χ2v) is 3.62. The molecule has 0 atom stereocenters. The molecule has 80 valence electrons. The summed E-state index contributed by atoms with van der Waals surface area (Å²) < 4.78 is 1.90. The van der Waals surface area contributed by atoms with Gasteiger partial charge in [0.05, 0.1) is 17.1 Å². The third-order valence-electron chi connectivity index (χ3n) is 2.59. The van der Waals surface area contributed by atoms with Crippen LogP contribution in [0.15, 0.2) is 48.9 Å². The Bertz CT molecular complexity index is 707. The maximum atomic E-state index is 8.84. The van der Waals surface area contributed by atoms with Crippen LogP contribution < -0.4 is 0 Å². The molecular formula is C13H8N4. The van der Waals surface area contributed by atoms with Gasteiger partial charge in [-0.05, 0) is 30.3 Å². The highest BCUT2D eigenvalue weighted by Gasteiger charge is 2.05. The van der Waals surface area contributed by atoms with Gasteiger partial charge in [-0.2, -0.15) is 5.26 Å². The summed E-state index contributed by atoms with van der Waals surface area (Å²) >= 11 is 0. The first-order valence-electron chi connectivity index (χ1n) is 5.17. The van der Waals surface area contributed by atoms with E-state index in [2.05, 4.69) is 16.0 Å². The van der Waals surface area contributed by atoms with Gasteiger partial charge in [0, 0.05) is 24.0 Å². The molecule has 3 rings (SSSR count). The van der Waals surface area contributed by atoms with Crippen molar-refractivity contribution in [3.05, 3.63) is 54.5 Å². The minimum atomic E-state index is 0.632. The molecule has 2 heterocycles. The van der Waals surface area contributed by atoms with E-state index in [1.54, 1.807) is 24.5 Å². The number of fused-ring (bicyclic) bond motifs is 1. The highest BCUT2D eigenvalue weighted by Crippen LogP contribution is 2.19. The van der Waals surface area contributed by atoms with E-state index in [9.17, 15) is 0 Å². The van der Waals surface area contributed by atoms with E-state index in [1.807, 2.05) is 29.0 Å². The van der Waals surface area contributed by atoms with Gasteiger partial charge in [-0.1, -0.05) is 0 Å². The first-order valence-corrected chi connectivity index (χ1v) is 5.17. The van der Waals surface area contributed by atoms with Crippen LogP contribution in [0.2, 0.25) is 0 Å². The van der Waals surface area contributed by atoms with Gasteiger partial charge in [-0.3, -0.25) is 4.57 Å². The summed E-state index contributed by atoms with van der Waals surface area (Å²) in [6.45, 7) is 0. The minimum Gasteiger partial charge on any atom is -0.285 e. The molecule has 0 radical (unpaired) electrons. The quantitative estimate of drug-likeness (QED) is 0.632. The summed E-state index contributed by atoms with van der Waals surface area (Å²) in [7, 11) is 0. The Morgan fingerprint density at radius 1 is 1.12 bits per heavy atom. The molecular weight excluding hydrogens is 212 g/mol. The van der Waals surface area contributed by atoms with E-state index in [0.717, 1.165) is 10.9 Å². The normalized spacial score (nSPS) is 10.3. The van der Waals surface area contributed by atoms with Gasteiger partial charge in [0.1, 0.15) is 0 Å². The van der Waals surface area contributed by atoms with Crippen LogP contribution in [0.4, 0.5) is 0 Å². The molecule has 0 saturated heterocycles. The Labute approximate surface area is 97.8 Å². The Hall–Kier alpha value is -2.67. The number of nitrogens with zero attached hydrogens (tertiary/aromatic N) is 4. The number of benzene rings is 1. The van der Waals surface area contributed by atoms with Crippen molar-refractivity contribution in [1.29, 1.82) is 5.26 Å². The summed E-state index contributed by atoms with van der Waals surface area (Å²) in [5.41, 5.74) is 1.65. The van der Waals surface area contributed by atoms with Crippen molar-refractivity contribution >= 4 is 10.9 Å². The van der Waals surface area contributed by atoms with Crippen molar-refractivity contribution in [2.75, 3.05) is 0 Å². The van der Waals surface area contributed by atoms with Crippen LogP contribution in [0, 0.1) is 11.3 Å². The van der Waals surface area contributed by atoms with Gasteiger partial charge in [-0.15, -0.1) is 0 Å². The van der Waals surface area contributed by atoms with Crippen LogP contribution in [0.1, 0.15) is 5.56 Å². The molecule has 0 aliphatic rings. The molecule has 17 heavy (non-hydrogen) atoms. The fraction of sp³-hybridized carbons (Fsp3) is 0. The SMILES string of the molecule is N#Cc1ccc2c(ccn2-c2ncccn2)c1. The molecule has 0 spiro atoms. The van der Waals surface area contributed by atoms with Gasteiger partial charge in [0.2, 0.25) is 5.95 Å². The number of aromatic nitrogens is 3. The number of rotatable bonds is 1. The molecule has 0 saturated carbocycles. The number of nitriles is 1. The van der Waals surface area contributed by atoms with Gasteiger partial charge in [-0.25, -0.2) is 9.97 Å². The van der Waals surface area contributed by atoms with Crippen LogP contribution in [-0.4, -0.2) is 14.5 Å². The third-order valence-corrected chi connectivity index (χ3v) is 2.59. The summed E-state index contributed by atoms with van der Waals surface area (Å²) in [5.74, 6) is 0.632. The zero-order valence-electron chi connectivity index (χ0n) is 8.91. The third kappa shape index (κ3) is 1.54. The lowest BCUT2D eigenvalue weighted by Crippen LogP contribution is -1.97. The van der Waals surface area contributed by atoms with Crippen LogP contribution >= 0.6 is 0 Å². The van der Waals surface area contributed by atoms with E-state index in [4.69, 9.17) is 5.26 Å². The second-order valence-electron chi connectivity index (χ2n) is 3.62. The topological polar surface area (TPSA) is 54.5 Å². The van der Waals surface area contributed by atoms with Crippen LogP contribution in [0.3, 0.4) is 0 Å². The van der Waals surface area contributed by atoms with Crippen molar-refractivity contribution < 1.29 is 0 Å². The standard InChI is InChI=1S/C13H8N4/c14-9-10-2-3-12-11(8-10)4-7-17(12)13-15-5-1-6-16-13/h1-8H. The average molecular weight is 220 g/mol. The second kappa shape index (κ2) is 3.72. The fourth-order valence-corrected chi connectivity index (χ4v) is 1.80. The largest absolute Gasteiger partial charge is 0.285 e. The number of hydrogen-bond donors (Lipinski definition) is 0. The van der Waals surface area contributed by atoms with Gasteiger partial charge in [0.25, 0.3) is 0 Å². The van der Waals surface area contributed by atoms with Crippen molar-refractivity contribution in [1.82, 2.24) is 14.5 Å². The van der Waals surface area contributed by atoms with Crippen molar-refractivity contribution in [2.24, 2.45) is 0 Å². The summed E-state index contributed by atoms with van der Waals surface area (Å²) in [4.78, 5) is 8.40. The van der Waals surface area contributed by atoms with E-state index in [0.29, 0.717) is 11.5 Å². The molecule has 0 bridgehead atoms. The molecule has 0 aliphatic carbocycles. The molecule has 0 fully saturated rings. The van der Waals surface area contributed by atoms with E-state index in [1.165, 1.54) is 0 Å². The average Bonchev–Trinajstić information content (AvgIpc) is 2.82. The van der Waals surface area contributed by atoms with E-state index in [-0.39, 0.29) is 0 Å². The molecule has 4 heteroatoms. The molecule has 3 aromatic rings. The Kier molecular flexibility index (Phi) is 2.09. The Balaban J connectivity index is 2.23. The van der Waals surface area contributed by atoms with Gasteiger partial charge >= 0.3 is 0 Å². The predicted molar refractivity (Wildman–Crippen MR) is 63.6 cm³/mol. The van der Waals surface area contributed by atoms with Crippen molar-refractivity contribution in [2.45, 2.75) is 0 Å². The lowest BCUT2D eigenvalue weighted by molar-refractivity contribution is 0.962. The lowest BCUT2D eigenvalue weighted by Gasteiger charge is -2.02. The maximum Gasteiger partial charge on any atom is 0.234 e. The summed E-state index contributed by atoms with van der Waals surface area (Å²) in [6, 6.07) is 11.4. The van der Waals surface area contributed by atoms with E-state index >= 15 is 0 Å². The first kappa shape index (κ1) is 9.55. The molecule has 0 amide bonds. The molecule has 0 aliphatic heterocycles. The zero-order chi connectivity index (χ0) is 11.7. The highest BCUT2D eigenvalue weighted by molar-refractivity contribution is 5.82. The fourth-order valence-electron chi connectivity index (χ4n) is 1.80. The lowest BCUT2D eigenvalue weighted by atomic mass is 10.2. The van der Waals surface area contributed by atoms with Gasteiger partial charge in [0.15, 0.2) is 0 Å². The Morgan fingerprint density at radius 3 is 2.71 bits per heavy atom. The van der Waals surface area contributed by atoms with Crippen molar-refractivity contribution in [3.8, 4) is 12.0 Å². The van der Waals surface area contributed by atoms with E-state index < -0.39 is 0 Å². The number of hydrogen-bond acceptors (Lipinski definition) is 3. The van der Waals surface area contributed by atoms with Crippen molar-refractivity contribution in [3.63, 3.8) is 0 Å². The first-order chi connectivity index (χ1) is 8.38. The highest BCUT2D eigenvalue weighted by atomic mass is 15.1. The van der Waals surface area contributed by atoms with Crippen LogP contribution in [0.25, 0.3) is 16.9 Å². The molecule has 0 unspecified atom stereocenters. The van der Waals surface area contributed by atoms with Gasteiger partial charge < -0.3 is 0 Å². The molecule has 4 nitrogen and oxygen atoms in total. The van der Waals surface area contributed by atoms with Crippen LogP contribution in [-0.2, 0) is 0 Å². The van der Waals surface area contributed by atoms with Crippen LogP contribution in [0.5, 0.6) is 0 Å². The Morgan fingerprint density at radius 2 is 1.94 bits per heavy atom. The maximum absolute atomic E-state index is 8.84. The predicted octanol–water partition coefficient (Wildman–Crippen LogP) is 2.29. The minimum absolute atomic E-state index is 0.632. The summed E-state index contributed by atoms with van der Waals surface area (Å²) in [6.07, 6.45) is 5.32. The summed E-state index contributed by atoms with van der Waals surface area (Å²) in [5, 5.41) is 9.85. The molecule has 1 aromatic carbocycles. The molecule has 2 aromatic heterocycles.